The number of imidazole rings is 1. The smallest absolute Gasteiger partial charge is 0.0991 e. The van der Waals surface area contributed by atoms with Gasteiger partial charge < -0.3 is 4.57 Å². The second kappa shape index (κ2) is 7.36. The van der Waals surface area contributed by atoms with E-state index in [9.17, 15) is 0 Å². The van der Waals surface area contributed by atoms with Gasteiger partial charge in [0.2, 0.25) is 0 Å². The Morgan fingerprint density at radius 2 is 1.87 bits per heavy atom. The molecular formula is C18H14ClN3S. The Kier molecular flexibility index (Phi) is 5.02. The molecule has 3 rings (SSSR count). The van der Waals surface area contributed by atoms with Gasteiger partial charge in [0.05, 0.1) is 23.2 Å². The van der Waals surface area contributed by atoms with Crippen molar-refractivity contribution in [2.24, 2.45) is 0 Å². The van der Waals surface area contributed by atoms with Crippen molar-refractivity contribution in [3.63, 3.8) is 0 Å². The maximum absolute atomic E-state index is 8.96. The van der Waals surface area contributed by atoms with Crippen molar-refractivity contribution < 1.29 is 0 Å². The molecule has 0 aliphatic carbocycles. The first-order valence-electron chi connectivity index (χ1n) is 7.12. The van der Waals surface area contributed by atoms with Crippen molar-refractivity contribution in [3.8, 4) is 6.07 Å². The van der Waals surface area contributed by atoms with E-state index in [-0.39, 0.29) is 5.25 Å². The van der Waals surface area contributed by atoms with Crippen LogP contribution in [0.4, 0.5) is 0 Å². The van der Waals surface area contributed by atoms with Gasteiger partial charge in [-0.1, -0.05) is 23.7 Å². The number of thioether (sulfide) groups is 1. The highest BCUT2D eigenvalue weighted by atomic mass is 35.5. The van der Waals surface area contributed by atoms with Crippen LogP contribution >= 0.6 is 23.4 Å². The quantitative estimate of drug-likeness (QED) is 0.618. The summed E-state index contributed by atoms with van der Waals surface area (Å²) in [5, 5.41) is 9.91. The minimum Gasteiger partial charge on any atom is -0.336 e. The second-order valence-corrected chi connectivity index (χ2v) is 6.77. The standard InChI is InChI=1S/C18H14ClN3S/c19-16-5-7-17(8-6-16)23-18(12-22-10-9-21-13-22)15-3-1-14(11-20)2-4-15/h1-10,13,18H,12H2. The number of nitriles is 1. The topological polar surface area (TPSA) is 41.6 Å². The number of hydrogen-bond donors (Lipinski definition) is 0. The second-order valence-electron chi connectivity index (χ2n) is 5.05. The van der Waals surface area contributed by atoms with Crippen molar-refractivity contribution in [2.75, 3.05) is 0 Å². The van der Waals surface area contributed by atoms with Crippen LogP contribution in [0.25, 0.3) is 0 Å². The van der Waals surface area contributed by atoms with Gasteiger partial charge in [-0.2, -0.15) is 5.26 Å². The summed E-state index contributed by atoms with van der Waals surface area (Å²) in [7, 11) is 0. The van der Waals surface area contributed by atoms with Gasteiger partial charge in [0, 0.05) is 28.9 Å². The molecule has 0 bridgehead atoms. The first-order valence-corrected chi connectivity index (χ1v) is 8.38. The number of halogens is 1. The Morgan fingerprint density at radius 1 is 1.13 bits per heavy atom. The molecule has 3 aromatic rings. The third-order valence-electron chi connectivity index (χ3n) is 3.44. The van der Waals surface area contributed by atoms with E-state index in [1.165, 1.54) is 5.56 Å². The van der Waals surface area contributed by atoms with Crippen LogP contribution in [0.15, 0.2) is 72.1 Å². The van der Waals surface area contributed by atoms with E-state index in [1.807, 2.05) is 61.1 Å². The summed E-state index contributed by atoms with van der Waals surface area (Å²) >= 11 is 7.73. The lowest BCUT2D eigenvalue weighted by Gasteiger charge is -2.18. The molecule has 23 heavy (non-hydrogen) atoms. The molecule has 1 unspecified atom stereocenters. The highest BCUT2D eigenvalue weighted by Gasteiger charge is 2.14. The molecule has 1 atom stereocenters. The summed E-state index contributed by atoms with van der Waals surface area (Å²) in [5.41, 5.74) is 1.85. The van der Waals surface area contributed by atoms with Crippen molar-refractivity contribution in [1.82, 2.24) is 9.55 Å². The average Bonchev–Trinajstić information content (AvgIpc) is 3.09. The third-order valence-corrected chi connectivity index (χ3v) is 4.94. The molecule has 1 heterocycles. The monoisotopic (exact) mass is 339 g/mol. The van der Waals surface area contributed by atoms with Gasteiger partial charge in [0.15, 0.2) is 0 Å². The zero-order valence-electron chi connectivity index (χ0n) is 12.3. The zero-order chi connectivity index (χ0) is 16.1. The normalized spacial score (nSPS) is 11.8. The van der Waals surface area contributed by atoms with E-state index in [0.29, 0.717) is 5.56 Å². The van der Waals surface area contributed by atoms with E-state index >= 15 is 0 Å². The molecule has 0 fully saturated rings. The molecule has 2 aromatic carbocycles. The summed E-state index contributed by atoms with van der Waals surface area (Å²) in [4.78, 5) is 5.26. The largest absolute Gasteiger partial charge is 0.336 e. The Balaban J connectivity index is 1.85. The van der Waals surface area contributed by atoms with Crippen molar-refractivity contribution in [3.05, 3.63) is 83.4 Å². The van der Waals surface area contributed by atoms with E-state index in [1.54, 1.807) is 18.0 Å². The Labute approximate surface area is 144 Å². The van der Waals surface area contributed by atoms with Crippen LogP contribution in [0.2, 0.25) is 5.02 Å². The number of hydrogen-bond acceptors (Lipinski definition) is 3. The van der Waals surface area contributed by atoms with Gasteiger partial charge in [0.25, 0.3) is 0 Å². The fourth-order valence-electron chi connectivity index (χ4n) is 2.25. The fourth-order valence-corrected chi connectivity index (χ4v) is 3.53. The molecule has 0 saturated heterocycles. The third kappa shape index (κ3) is 4.16. The van der Waals surface area contributed by atoms with Crippen LogP contribution in [0.3, 0.4) is 0 Å². The molecule has 0 aliphatic rings. The first-order chi connectivity index (χ1) is 11.2. The number of rotatable bonds is 5. The van der Waals surface area contributed by atoms with Crippen LogP contribution in [-0.4, -0.2) is 9.55 Å². The molecule has 1 aromatic heterocycles. The van der Waals surface area contributed by atoms with E-state index in [4.69, 9.17) is 16.9 Å². The molecule has 3 nitrogen and oxygen atoms in total. The lowest BCUT2D eigenvalue weighted by atomic mass is 10.1. The lowest BCUT2D eigenvalue weighted by molar-refractivity contribution is 0.683. The first kappa shape index (κ1) is 15.7. The van der Waals surface area contributed by atoms with Gasteiger partial charge in [-0.25, -0.2) is 4.98 Å². The number of benzene rings is 2. The molecule has 114 valence electrons. The van der Waals surface area contributed by atoms with Gasteiger partial charge in [-0.15, -0.1) is 11.8 Å². The number of nitrogens with zero attached hydrogens (tertiary/aromatic N) is 3. The van der Waals surface area contributed by atoms with Gasteiger partial charge in [-0.3, -0.25) is 0 Å². The highest BCUT2D eigenvalue weighted by molar-refractivity contribution is 7.99. The lowest BCUT2D eigenvalue weighted by Crippen LogP contribution is -2.05. The van der Waals surface area contributed by atoms with Crippen molar-refractivity contribution in [1.29, 1.82) is 5.26 Å². The SMILES string of the molecule is N#Cc1ccc(C(Cn2ccnc2)Sc2ccc(Cl)cc2)cc1. The fraction of sp³-hybridized carbons (Fsp3) is 0.111. The number of aromatic nitrogens is 2. The maximum atomic E-state index is 8.96. The van der Waals surface area contributed by atoms with Crippen LogP contribution in [0.1, 0.15) is 16.4 Å². The van der Waals surface area contributed by atoms with E-state index < -0.39 is 0 Å². The van der Waals surface area contributed by atoms with E-state index in [2.05, 4.69) is 15.6 Å². The summed E-state index contributed by atoms with van der Waals surface area (Å²) in [6.07, 6.45) is 5.56. The Morgan fingerprint density at radius 3 is 2.48 bits per heavy atom. The van der Waals surface area contributed by atoms with Crippen LogP contribution in [0.5, 0.6) is 0 Å². The average molecular weight is 340 g/mol. The van der Waals surface area contributed by atoms with Gasteiger partial charge >= 0.3 is 0 Å². The molecule has 0 radical (unpaired) electrons. The molecular weight excluding hydrogens is 326 g/mol. The molecule has 0 N–H and O–H groups in total. The maximum Gasteiger partial charge on any atom is 0.0991 e. The summed E-state index contributed by atoms with van der Waals surface area (Å²) in [6, 6.07) is 17.8. The van der Waals surface area contributed by atoms with Crippen LogP contribution in [0, 0.1) is 11.3 Å². The predicted molar refractivity (Wildman–Crippen MR) is 93.4 cm³/mol. The van der Waals surface area contributed by atoms with E-state index in [0.717, 1.165) is 16.5 Å². The molecule has 0 spiro atoms. The highest BCUT2D eigenvalue weighted by Crippen LogP contribution is 2.37. The molecule has 0 amide bonds. The summed E-state index contributed by atoms with van der Waals surface area (Å²) < 4.78 is 2.06. The Hall–Kier alpha value is -2.22. The summed E-state index contributed by atoms with van der Waals surface area (Å²) in [5.74, 6) is 0. The van der Waals surface area contributed by atoms with Gasteiger partial charge in [-0.05, 0) is 42.0 Å². The molecule has 0 aliphatic heterocycles. The summed E-state index contributed by atoms with van der Waals surface area (Å²) in [6.45, 7) is 0.805. The van der Waals surface area contributed by atoms with Crippen LogP contribution < -0.4 is 0 Å². The minimum absolute atomic E-state index is 0.220. The van der Waals surface area contributed by atoms with Crippen LogP contribution in [-0.2, 0) is 6.54 Å². The predicted octanol–water partition coefficient (Wildman–Crippen LogP) is 4.94. The van der Waals surface area contributed by atoms with Gasteiger partial charge in [0.1, 0.15) is 0 Å². The van der Waals surface area contributed by atoms with Crippen molar-refractivity contribution >= 4 is 23.4 Å². The Bertz CT molecular complexity index is 790. The minimum atomic E-state index is 0.220. The molecule has 5 heteroatoms. The van der Waals surface area contributed by atoms with Crippen molar-refractivity contribution in [2.45, 2.75) is 16.7 Å². The molecule has 0 saturated carbocycles. The zero-order valence-corrected chi connectivity index (χ0v) is 13.8.